The molecule has 0 saturated heterocycles. The molecule has 0 bridgehead atoms. The molecule has 0 amide bonds. The molecule has 5 rings (SSSR count). The highest BCUT2D eigenvalue weighted by molar-refractivity contribution is 5.85. The minimum absolute atomic E-state index is 0.00169. The lowest BCUT2D eigenvalue weighted by Gasteiger charge is -2.30. The summed E-state index contributed by atoms with van der Waals surface area (Å²) in [4.78, 5) is 18.4. The van der Waals surface area contributed by atoms with Crippen molar-refractivity contribution in [3.05, 3.63) is 126 Å². The molecule has 0 spiro atoms. The molecular formula is C39H42N4O6. The van der Waals surface area contributed by atoms with E-state index in [2.05, 4.69) is 27.3 Å². The Bertz CT molecular complexity index is 1740. The summed E-state index contributed by atoms with van der Waals surface area (Å²) in [7, 11) is 0. The number of carbonyl (C=O) groups excluding carboxylic acids is 1. The SMILES string of the molecule is CC(CCC(=O)OC[C@H]1O[C@H](C#Cc2ccccc2)C=C[C@H]1Oc1ccc(C)cc1)=NO[C@@H](C)c1cn([C@H](CO)Cc2ccccc2)nn1. The van der Waals surface area contributed by atoms with Gasteiger partial charge in [-0.2, -0.15) is 0 Å². The fraction of sp³-hybridized carbons (Fsp3) is 0.333. The highest BCUT2D eigenvalue weighted by Crippen LogP contribution is 2.22. The average Bonchev–Trinajstić information content (AvgIpc) is 3.63. The maximum Gasteiger partial charge on any atom is 0.306 e. The van der Waals surface area contributed by atoms with Crippen LogP contribution in [0.4, 0.5) is 0 Å². The highest BCUT2D eigenvalue weighted by Gasteiger charge is 2.30. The van der Waals surface area contributed by atoms with Gasteiger partial charge in [-0.05, 0) is 75.6 Å². The summed E-state index contributed by atoms with van der Waals surface area (Å²) in [5, 5.41) is 22.5. The summed E-state index contributed by atoms with van der Waals surface area (Å²) in [5.41, 5.74) is 4.32. The largest absolute Gasteiger partial charge is 0.483 e. The monoisotopic (exact) mass is 662 g/mol. The van der Waals surface area contributed by atoms with Crippen LogP contribution in [0.25, 0.3) is 0 Å². The third-order valence-corrected chi connectivity index (χ3v) is 7.90. The Morgan fingerprint density at radius 1 is 1.02 bits per heavy atom. The smallest absolute Gasteiger partial charge is 0.306 e. The molecular weight excluding hydrogens is 620 g/mol. The lowest BCUT2D eigenvalue weighted by Crippen LogP contribution is -2.42. The first-order chi connectivity index (χ1) is 23.9. The minimum Gasteiger partial charge on any atom is -0.483 e. The van der Waals surface area contributed by atoms with Crippen molar-refractivity contribution in [3.63, 3.8) is 0 Å². The van der Waals surface area contributed by atoms with E-state index in [-0.39, 0.29) is 25.7 Å². The molecule has 2 heterocycles. The third-order valence-electron chi connectivity index (χ3n) is 7.90. The molecule has 10 nitrogen and oxygen atoms in total. The number of ether oxygens (including phenoxy) is 3. The van der Waals surface area contributed by atoms with Gasteiger partial charge in [0.1, 0.15) is 36.4 Å². The molecule has 1 aromatic heterocycles. The number of hydrogen-bond acceptors (Lipinski definition) is 9. The van der Waals surface area contributed by atoms with Crippen LogP contribution in [-0.2, 0) is 25.5 Å². The number of aliphatic hydroxyl groups is 1. The van der Waals surface area contributed by atoms with Crippen molar-refractivity contribution in [1.29, 1.82) is 0 Å². The number of aliphatic hydroxyl groups excluding tert-OH is 1. The summed E-state index contributed by atoms with van der Waals surface area (Å²) in [6, 6.07) is 27.1. The van der Waals surface area contributed by atoms with Gasteiger partial charge in [0, 0.05) is 5.56 Å². The molecule has 254 valence electrons. The van der Waals surface area contributed by atoms with E-state index >= 15 is 0 Å². The van der Waals surface area contributed by atoms with Crippen molar-refractivity contribution in [2.24, 2.45) is 5.16 Å². The van der Waals surface area contributed by atoms with Crippen molar-refractivity contribution >= 4 is 11.7 Å². The van der Waals surface area contributed by atoms with Crippen LogP contribution in [-0.4, -0.2) is 63.3 Å². The molecule has 3 aromatic carbocycles. The van der Waals surface area contributed by atoms with E-state index in [1.165, 1.54) is 0 Å². The molecule has 1 aliphatic rings. The molecule has 10 heteroatoms. The Kier molecular flexibility index (Phi) is 12.7. The first-order valence-electron chi connectivity index (χ1n) is 16.4. The average molecular weight is 663 g/mol. The van der Waals surface area contributed by atoms with Crippen LogP contribution in [0.1, 0.15) is 61.2 Å². The first-order valence-corrected chi connectivity index (χ1v) is 16.4. The number of benzene rings is 3. The molecule has 5 atom stereocenters. The second-order valence-corrected chi connectivity index (χ2v) is 11.9. The Hall–Kier alpha value is -5.24. The molecule has 0 fully saturated rings. The van der Waals surface area contributed by atoms with Gasteiger partial charge in [0.05, 0.1) is 31.0 Å². The Morgan fingerprint density at radius 2 is 1.76 bits per heavy atom. The number of nitrogens with zero attached hydrogens (tertiary/aromatic N) is 4. The van der Waals surface area contributed by atoms with E-state index in [0.29, 0.717) is 30.0 Å². The molecule has 0 radical (unpaired) electrons. The zero-order valence-corrected chi connectivity index (χ0v) is 28.0. The van der Waals surface area contributed by atoms with Crippen molar-refractivity contribution < 1.29 is 28.9 Å². The standard InChI is InChI=1S/C39H42N4O6/c1-28-14-18-34(19-15-28)47-37-22-21-35(20-17-31-10-6-4-7-11-31)48-38(37)27-46-39(45)23-16-29(2)41-49-30(3)36-25-43(42-40-36)33(26-44)24-32-12-8-5-9-13-32/h4-15,18-19,21-22,25,30,33,35,37-38,44H,16,23-24,26-27H2,1-3H3/t30-,33-,35+,37+,38+/m0/s1. The second kappa shape index (κ2) is 17.8. The maximum absolute atomic E-state index is 12.8. The molecule has 1 N–H and O–H groups in total. The van der Waals surface area contributed by atoms with Gasteiger partial charge in [0.2, 0.25) is 0 Å². The van der Waals surface area contributed by atoms with Gasteiger partial charge in [0.15, 0.2) is 6.10 Å². The number of hydrogen-bond donors (Lipinski definition) is 1. The maximum atomic E-state index is 12.8. The molecule has 49 heavy (non-hydrogen) atoms. The van der Waals surface area contributed by atoms with Gasteiger partial charge in [0.25, 0.3) is 0 Å². The number of aromatic nitrogens is 3. The van der Waals surface area contributed by atoms with Gasteiger partial charge < -0.3 is 24.2 Å². The summed E-state index contributed by atoms with van der Waals surface area (Å²) in [5.74, 6) is 6.57. The van der Waals surface area contributed by atoms with E-state index in [1.54, 1.807) is 17.8 Å². The fourth-order valence-electron chi connectivity index (χ4n) is 5.01. The predicted molar refractivity (Wildman–Crippen MR) is 186 cm³/mol. The van der Waals surface area contributed by atoms with E-state index in [4.69, 9.17) is 19.0 Å². The van der Waals surface area contributed by atoms with Crippen LogP contribution in [0.5, 0.6) is 5.75 Å². The van der Waals surface area contributed by atoms with Gasteiger partial charge in [-0.3, -0.25) is 4.79 Å². The van der Waals surface area contributed by atoms with E-state index in [0.717, 1.165) is 16.7 Å². The Labute approximate surface area is 287 Å². The predicted octanol–water partition coefficient (Wildman–Crippen LogP) is 5.96. The van der Waals surface area contributed by atoms with Crippen molar-refractivity contribution in [2.75, 3.05) is 13.2 Å². The summed E-state index contributed by atoms with van der Waals surface area (Å²) in [6.07, 6.45) is 4.64. The van der Waals surface area contributed by atoms with Crippen LogP contribution in [0.2, 0.25) is 0 Å². The summed E-state index contributed by atoms with van der Waals surface area (Å²) in [6.45, 7) is 5.54. The molecule has 4 aromatic rings. The normalized spacial score (nSPS) is 18.5. The number of oxime groups is 1. The molecule has 0 saturated carbocycles. The Morgan fingerprint density at radius 3 is 2.49 bits per heavy atom. The van der Waals surface area contributed by atoms with Crippen LogP contribution >= 0.6 is 0 Å². The van der Waals surface area contributed by atoms with E-state index < -0.39 is 30.4 Å². The van der Waals surface area contributed by atoms with Crippen molar-refractivity contribution in [1.82, 2.24) is 15.0 Å². The summed E-state index contributed by atoms with van der Waals surface area (Å²) >= 11 is 0. The number of aryl methyl sites for hydroxylation is 1. The van der Waals surface area contributed by atoms with Crippen LogP contribution in [0.15, 0.2) is 108 Å². The highest BCUT2D eigenvalue weighted by atomic mass is 16.6. The van der Waals surface area contributed by atoms with E-state index in [1.807, 2.05) is 111 Å². The van der Waals surface area contributed by atoms with Gasteiger partial charge >= 0.3 is 5.97 Å². The molecule has 0 unspecified atom stereocenters. The van der Waals surface area contributed by atoms with Crippen molar-refractivity contribution in [2.45, 2.75) is 70.5 Å². The number of rotatable bonds is 14. The lowest BCUT2D eigenvalue weighted by atomic mass is 10.1. The second-order valence-electron chi connectivity index (χ2n) is 11.9. The zero-order chi connectivity index (χ0) is 34.4. The van der Waals surface area contributed by atoms with Gasteiger partial charge in [-0.25, -0.2) is 4.68 Å². The van der Waals surface area contributed by atoms with Crippen LogP contribution in [0.3, 0.4) is 0 Å². The topological polar surface area (TPSA) is 117 Å². The minimum atomic E-state index is -0.559. The van der Waals surface area contributed by atoms with Crippen LogP contribution < -0.4 is 4.74 Å². The third kappa shape index (κ3) is 10.9. The van der Waals surface area contributed by atoms with Crippen LogP contribution in [0, 0.1) is 18.8 Å². The lowest BCUT2D eigenvalue weighted by molar-refractivity contribution is -0.151. The first kappa shape index (κ1) is 35.1. The van der Waals surface area contributed by atoms with Gasteiger partial charge in [-0.15, -0.1) is 5.10 Å². The van der Waals surface area contributed by atoms with E-state index in [9.17, 15) is 9.90 Å². The quantitative estimate of drug-likeness (QED) is 0.0578. The molecule has 1 aliphatic heterocycles. The zero-order valence-electron chi connectivity index (χ0n) is 28.0. The molecule has 0 aliphatic carbocycles. The Balaban J connectivity index is 1.11. The fourth-order valence-corrected chi connectivity index (χ4v) is 5.01. The van der Waals surface area contributed by atoms with Gasteiger partial charge in [-0.1, -0.05) is 88.4 Å². The summed E-state index contributed by atoms with van der Waals surface area (Å²) < 4.78 is 19.7. The number of carbonyl (C=O) groups is 1. The van der Waals surface area contributed by atoms with Crippen molar-refractivity contribution in [3.8, 4) is 17.6 Å². The number of esters is 1.